The van der Waals surface area contributed by atoms with Gasteiger partial charge in [0.1, 0.15) is 23.1 Å². The van der Waals surface area contributed by atoms with Crippen LogP contribution in [0.4, 0.5) is 0 Å². The monoisotopic (exact) mass is 1150 g/mol. The van der Waals surface area contributed by atoms with Gasteiger partial charge in [0, 0.05) is 45.8 Å². The molecule has 402 valence electrons. The van der Waals surface area contributed by atoms with E-state index in [0.29, 0.717) is 87.7 Å². The van der Waals surface area contributed by atoms with Crippen molar-refractivity contribution in [1.29, 1.82) is 5.26 Å². The summed E-state index contributed by atoms with van der Waals surface area (Å²) in [5, 5.41) is 16.1. The molecule has 4 aromatic heterocycles. The number of fused-ring (bicyclic) bond motifs is 3. The van der Waals surface area contributed by atoms with Crippen LogP contribution >= 0.6 is 46.4 Å². The maximum absolute atomic E-state index is 12.2. The lowest BCUT2D eigenvalue weighted by Crippen LogP contribution is -2.54. The van der Waals surface area contributed by atoms with Crippen LogP contribution in [0.25, 0.3) is 60.2 Å². The van der Waals surface area contributed by atoms with Gasteiger partial charge in [-0.05, 0) is 61.8 Å². The van der Waals surface area contributed by atoms with Crippen LogP contribution in [0.1, 0.15) is 57.1 Å². The Balaban J connectivity index is 1.43. The van der Waals surface area contributed by atoms with Crippen LogP contribution in [-0.2, 0) is 0 Å². The van der Waals surface area contributed by atoms with Gasteiger partial charge < -0.3 is 18.6 Å². The van der Waals surface area contributed by atoms with Crippen LogP contribution in [0.3, 0.4) is 0 Å². The van der Waals surface area contributed by atoms with Gasteiger partial charge in [0.15, 0.2) is 0 Å². The van der Waals surface area contributed by atoms with Crippen LogP contribution in [-0.4, -0.2) is 73.7 Å². The lowest BCUT2D eigenvalue weighted by atomic mass is 9.50. The molecule has 0 fully saturated rings. The zero-order valence-corrected chi connectivity index (χ0v) is 48.6. The van der Waals surface area contributed by atoms with Gasteiger partial charge in [0.2, 0.25) is 5.70 Å². The highest BCUT2D eigenvalue weighted by molar-refractivity contribution is 6.85. The number of benzene rings is 7. The zero-order valence-electron chi connectivity index (χ0n) is 45.5. The normalized spacial score (nSPS) is 12.2. The molecule has 4 heterocycles. The van der Waals surface area contributed by atoms with Crippen molar-refractivity contribution < 1.29 is 4.74 Å². The Kier molecular flexibility index (Phi) is 16.6. The van der Waals surface area contributed by atoms with Gasteiger partial charge >= 0.3 is 13.7 Å². The molecule has 11 aromatic rings. The van der Waals surface area contributed by atoms with Gasteiger partial charge in [0.25, 0.3) is 0 Å². The van der Waals surface area contributed by atoms with Crippen molar-refractivity contribution in [3.8, 4) is 23.1 Å². The number of rotatable bonds is 17. The average Bonchev–Trinajstić information content (AvgIpc) is 3.00. The topological polar surface area (TPSA) is 102 Å². The zero-order chi connectivity index (χ0) is 57.0. The van der Waals surface area contributed by atoms with E-state index in [9.17, 15) is 11.8 Å². The number of ether oxygens (including phenoxy) is 1. The number of nitrogens with zero attached hydrogens (tertiary/aromatic N) is 9. The smallest absolute Gasteiger partial charge is 0.327 e. The number of aromatic nitrogens is 6. The number of nitriles is 1. The van der Waals surface area contributed by atoms with E-state index >= 15 is 0 Å². The second kappa shape index (κ2) is 24.5. The molecule has 0 radical (unpaired) electrons. The molecule has 0 atom stereocenters. The highest BCUT2D eigenvalue weighted by Gasteiger charge is 2.37. The molecule has 0 unspecified atom stereocenters. The Morgan fingerprint density at radius 1 is 0.610 bits per heavy atom. The van der Waals surface area contributed by atoms with Crippen LogP contribution in [0.15, 0.2) is 182 Å². The highest BCUT2D eigenvalue weighted by atomic mass is 35.5. The predicted molar refractivity (Wildman–Crippen MR) is 340 cm³/mol. The van der Waals surface area contributed by atoms with E-state index in [1.807, 2.05) is 84.9 Å². The summed E-state index contributed by atoms with van der Waals surface area (Å²) >= 11 is 26.6. The third-order valence-electron chi connectivity index (χ3n) is 15.0. The van der Waals surface area contributed by atoms with E-state index in [1.165, 1.54) is 0 Å². The molecule has 0 aliphatic rings. The van der Waals surface area contributed by atoms with Gasteiger partial charge in [-0.1, -0.05) is 229 Å². The number of hydrogen-bond donors (Lipinski definition) is 0. The van der Waals surface area contributed by atoms with Gasteiger partial charge in [-0.2, -0.15) is 5.26 Å². The minimum absolute atomic E-state index is 0.217. The first-order chi connectivity index (χ1) is 40.0. The molecule has 0 amide bonds. The summed E-state index contributed by atoms with van der Waals surface area (Å²) < 4.78 is 11.3. The van der Waals surface area contributed by atoms with Crippen molar-refractivity contribution in [2.24, 2.45) is 0 Å². The lowest BCUT2D eigenvalue weighted by Gasteiger charge is -2.25. The van der Waals surface area contributed by atoms with E-state index in [1.54, 1.807) is 36.7 Å². The van der Waals surface area contributed by atoms with E-state index in [0.717, 1.165) is 64.5 Å². The van der Waals surface area contributed by atoms with E-state index in [4.69, 9.17) is 71.1 Å². The molecule has 0 aliphatic heterocycles. The Labute approximate surface area is 497 Å². The maximum Gasteiger partial charge on any atom is 0.327 e. The van der Waals surface area contributed by atoms with Crippen molar-refractivity contribution in [1.82, 2.24) is 33.8 Å². The first-order valence-electron chi connectivity index (χ1n) is 27.3. The molecular weight excluding hydrogens is 1100 g/mol. The lowest BCUT2D eigenvalue weighted by molar-refractivity contribution is 0.249. The summed E-state index contributed by atoms with van der Waals surface area (Å²) in [4.78, 5) is 27.2. The molecule has 0 bridgehead atoms. The average molecular weight is 1150 g/mol. The summed E-state index contributed by atoms with van der Waals surface area (Å²) in [6.07, 6.45) is 4.08. The molecule has 7 aromatic carbocycles. The Morgan fingerprint density at radius 3 is 1.56 bits per heavy atom. The fraction of sp³-hybridized carbons (Fsp3) is 0.152. The molecule has 10 nitrogen and oxygen atoms in total. The maximum atomic E-state index is 12.2. The molecule has 82 heavy (non-hydrogen) atoms. The van der Waals surface area contributed by atoms with Crippen molar-refractivity contribution in [2.75, 3.05) is 26.2 Å². The first kappa shape index (κ1) is 55.7. The first-order valence-corrected chi connectivity index (χ1v) is 28.8. The standard InChI is InChI=1S/C66H53B2Cl4N9O/c1-6-79(7-2)32-21-33-82-48-31-20-22-43(34-48)64-61-60(66(62(74-5)59-41-76-55-36-51(70)53(72)38-57(55)78-59)81(64)68(46-27-16-10-17-28-46)47-29-18-11-19-30-47)63(42(3)4)80(67(44-23-12-8-13-24-44)45-25-14-9-15-26-45)65(61)49(39-73)58-40-75-54-35-50(69)52(71)37-56(54)77-58/h8-20,22-31,34-38,40-42H,6-7,21,32-33H2,1-4H3/b65-49-,66-62+. The fourth-order valence-corrected chi connectivity index (χ4v) is 11.9. The molecule has 0 spiro atoms. The van der Waals surface area contributed by atoms with E-state index < -0.39 is 13.7 Å². The molecule has 0 saturated carbocycles. The Hall–Kier alpha value is -8.19. The third-order valence-corrected chi connectivity index (χ3v) is 16.4. The van der Waals surface area contributed by atoms with Crippen LogP contribution in [0.5, 0.6) is 5.75 Å². The molecule has 0 N–H and O–H groups in total. The summed E-state index contributed by atoms with van der Waals surface area (Å²) in [5.41, 5.74) is 9.18. The van der Waals surface area contributed by atoms with Crippen LogP contribution in [0.2, 0.25) is 20.1 Å². The third kappa shape index (κ3) is 10.8. The summed E-state index contributed by atoms with van der Waals surface area (Å²) in [7, 11) is 0. The SMILES string of the molecule is [C-]#[N+]/C(c1cnc2cc(Cl)c(Cl)cc2n1)=c1\c2c(C(C)C)n(B(c3ccccc3)c3ccccc3)/c(=C(/C#N)c3cnc4cc(Cl)c(Cl)cc4n3)c2c(-c2cccc(OCCCN(CC)CC)c2)n1B(c1ccccc1)c1ccccc1. The second-order valence-electron chi connectivity index (χ2n) is 20.2. The van der Waals surface area contributed by atoms with Crippen LogP contribution < -0.4 is 37.3 Å². The van der Waals surface area contributed by atoms with Gasteiger partial charge in [0.05, 0.1) is 72.6 Å². The van der Waals surface area contributed by atoms with E-state index in [2.05, 4.69) is 113 Å². The minimum Gasteiger partial charge on any atom is -0.494 e. The molecule has 11 rings (SSSR count). The Bertz CT molecular complexity index is 4200. The summed E-state index contributed by atoms with van der Waals surface area (Å²) in [6.45, 7) is 20.4. The largest absolute Gasteiger partial charge is 0.494 e. The number of halogens is 4. The minimum atomic E-state index is -0.588. The van der Waals surface area contributed by atoms with Crippen molar-refractivity contribution in [2.45, 2.75) is 40.0 Å². The van der Waals surface area contributed by atoms with Crippen molar-refractivity contribution >= 4 is 126 Å². The second-order valence-corrected chi connectivity index (χ2v) is 21.9. The predicted octanol–water partition coefficient (Wildman–Crippen LogP) is 12.0. The van der Waals surface area contributed by atoms with Gasteiger partial charge in [-0.15, -0.1) is 0 Å². The molecular formula is C66H53B2Cl4N9O. The van der Waals surface area contributed by atoms with E-state index in [-0.39, 0.29) is 17.2 Å². The Morgan fingerprint density at radius 2 is 1.09 bits per heavy atom. The molecule has 16 heteroatoms. The highest BCUT2D eigenvalue weighted by Crippen LogP contribution is 2.37. The van der Waals surface area contributed by atoms with Gasteiger partial charge in [-0.3, -0.25) is 15.0 Å². The van der Waals surface area contributed by atoms with Crippen molar-refractivity contribution in [3.05, 3.63) is 242 Å². The summed E-state index contributed by atoms with van der Waals surface area (Å²) in [5.74, 6) is 0.401. The quantitative estimate of drug-likeness (QED) is 0.0508. The summed E-state index contributed by atoms with van der Waals surface area (Å²) in [6, 6.07) is 58.8. The molecule has 0 aliphatic carbocycles. The fourth-order valence-electron chi connectivity index (χ4n) is 11.3. The van der Waals surface area contributed by atoms with Gasteiger partial charge in [-0.25, -0.2) is 9.83 Å². The van der Waals surface area contributed by atoms with Crippen molar-refractivity contribution in [3.63, 3.8) is 0 Å². The number of hydrogen-bond acceptors (Lipinski definition) is 7. The molecule has 0 saturated heterocycles. The van der Waals surface area contributed by atoms with Crippen LogP contribution in [0, 0.1) is 17.9 Å².